The monoisotopic (exact) mass is 300 g/mol. The third-order valence-corrected chi connectivity index (χ3v) is 3.51. The molecule has 22 heavy (non-hydrogen) atoms. The first-order chi connectivity index (χ1) is 10.5. The molecule has 6 heteroatoms. The maximum absolute atomic E-state index is 13.9. The fourth-order valence-electron chi connectivity index (χ4n) is 2.42. The standard InChI is InChI=1S/C16H17FN4O/c1-10-6-14(12-4-3-5-13(17)16(12)20-10)18-8-15(22)11-7-19-21(2)9-11/h3-7,9,15,22H,8H2,1-2H3,(H,18,20). The van der Waals surface area contributed by atoms with Gasteiger partial charge < -0.3 is 10.4 Å². The molecule has 0 bridgehead atoms. The highest BCUT2D eigenvalue weighted by atomic mass is 19.1. The molecule has 1 aromatic carbocycles. The first-order valence-electron chi connectivity index (χ1n) is 7.01. The van der Waals surface area contributed by atoms with Crippen molar-refractivity contribution in [2.75, 3.05) is 11.9 Å². The SMILES string of the molecule is Cc1cc(NCC(O)c2cnn(C)c2)c2cccc(F)c2n1. The van der Waals surface area contributed by atoms with Crippen molar-refractivity contribution in [1.29, 1.82) is 0 Å². The predicted molar refractivity (Wildman–Crippen MR) is 83.1 cm³/mol. The van der Waals surface area contributed by atoms with Crippen LogP contribution in [0.4, 0.5) is 10.1 Å². The molecule has 0 saturated carbocycles. The van der Waals surface area contributed by atoms with Gasteiger partial charge in [-0.25, -0.2) is 9.37 Å². The summed E-state index contributed by atoms with van der Waals surface area (Å²) < 4.78 is 15.5. The van der Waals surface area contributed by atoms with Gasteiger partial charge in [-0.15, -0.1) is 0 Å². The lowest BCUT2D eigenvalue weighted by atomic mass is 10.1. The number of benzene rings is 1. The largest absolute Gasteiger partial charge is 0.386 e. The summed E-state index contributed by atoms with van der Waals surface area (Å²) in [7, 11) is 1.80. The third kappa shape index (κ3) is 2.78. The van der Waals surface area contributed by atoms with E-state index >= 15 is 0 Å². The number of nitrogens with zero attached hydrogens (tertiary/aromatic N) is 3. The summed E-state index contributed by atoms with van der Waals surface area (Å²) in [4.78, 5) is 4.23. The van der Waals surface area contributed by atoms with Gasteiger partial charge in [-0.1, -0.05) is 12.1 Å². The van der Waals surface area contributed by atoms with E-state index in [4.69, 9.17) is 0 Å². The first-order valence-corrected chi connectivity index (χ1v) is 7.01. The van der Waals surface area contributed by atoms with E-state index < -0.39 is 6.10 Å². The van der Waals surface area contributed by atoms with Crippen molar-refractivity contribution in [2.45, 2.75) is 13.0 Å². The fraction of sp³-hybridized carbons (Fsp3) is 0.250. The van der Waals surface area contributed by atoms with Gasteiger partial charge in [-0.2, -0.15) is 5.10 Å². The molecule has 0 spiro atoms. The van der Waals surface area contributed by atoms with Crippen LogP contribution in [0, 0.1) is 12.7 Å². The molecule has 114 valence electrons. The normalized spacial score (nSPS) is 12.5. The number of hydrogen-bond acceptors (Lipinski definition) is 4. The van der Waals surface area contributed by atoms with Crippen molar-refractivity contribution in [2.24, 2.45) is 7.05 Å². The predicted octanol–water partition coefficient (Wildman–Crippen LogP) is 2.56. The number of anilines is 1. The maximum Gasteiger partial charge on any atom is 0.149 e. The summed E-state index contributed by atoms with van der Waals surface area (Å²) in [6.45, 7) is 2.12. The Bertz CT molecular complexity index is 815. The third-order valence-electron chi connectivity index (χ3n) is 3.51. The van der Waals surface area contributed by atoms with Crippen LogP contribution in [-0.2, 0) is 7.05 Å². The second-order valence-electron chi connectivity index (χ2n) is 5.29. The van der Waals surface area contributed by atoms with Crippen LogP contribution in [0.5, 0.6) is 0 Å². The van der Waals surface area contributed by atoms with Crippen molar-refractivity contribution >= 4 is 16.6 Å². The molecule has 0 saturated heterocycles. The van der Waals surface area contributed by atoms with E-state index in [1.165, 1.54) is 6.07 Å². The Morgan fingerprint density at radius 2 is 2.23 bits per heavy atom. The van der Waals surface area contributed by atoms with E-state index in [1.54, 1.807) is 30.2 Å². The molecule has 3 rings (SSSR count). The van der Waals surface area contributed by atoms with E-state index in [9.17, 15) is 9.50 Å². The number of rotatable bonds is 4. The van der Waals surface area contributed by atoms with Gasteiger partial charge in [0.15, 0.2) is 0 Å². The molecule has 3 aromatic rings. The number of aromatic nitrogens is 3. The van der Waals surface area contributed by atoms with Crippen molar-refractivity contribution < 1.29 is 9.50 Å². The molecule has 0 aliphatic heterocycles. The van der Waals surface area contributed by atoms with Crippen molar-refractivity contribution in [3.05, 3.63) is 53.7 Å². The summed E-state index contributed by atoms with van der Waals surface area (Å²) in [5, 5.41) is 18.1. The summed E-state index contributed by atoms with van der Waals surface area (Å²) >= 11 is 0. The highest BCUT2D eigenvalue weighted by Gasteiger charge is 2.12. The quantitative estimate of drug-likeness (QED) is 0.777. The average molecular weight is 300 g/mol. The highest BCUT2D eigenvalue weighted by Crippen LogP contribution is 2.25. The molecule has 5 nitrogen and oxygen atoms in total. The van der Waals surface area contributed by atoms with Gasteiger partial charge in [-0.05, 0) is 19.1 Å². The average Bonchev–Trinajstić information content (AvgIpc) is 2.92. The van der Waals surface area contributed by atoms with Gasteiger partial charge in [0.05, 0.1) is 12.3 Å². The number of halogens is 1. The van der Waals surface area contributed by atoms with E-state index in [1.807, 2.05) is 19.1 Å². The number of aryl methyl sites for hydroxylation is 2. The molecule has 0 aliphatic rings. The van der Waals surface area contributed by atoms with Crippen molar-refractivity contribution in [1.82, 2.24) is 14.8 Å². The van der Waals surface area contributed by atoms with Gasteiger partial charge in [0, 0.05) is 42.1 Å². The minimum Gasteiger partial charge on any atom is -0.386 e. The number of hydrogen-bond donors (Lipinski definition) is 2. The zero-order chi connectivity index (χ0) is 15.7. The molecule has 0 radical (unpaired) electrons. The maximum atomic E-state index is 13.9. The highest BCUT2D eigenvalue weighted by molar-refractivity contribution is 5.91. The van der Waals surface area contributed by atoms with E-state index in [-0.39, 0.29) is 5.82 Å². The number of aliphatic hydroxyl groups excluding tert-OH is 1. The Hall–Kier alpha value is -2.47. The van der Waals surface area contributed by atoms with Crippen molar-refractivity contribution in [3.8, 4) is 0 Å². The lowest BCUT2D eigenvalue weighted by Gasteiger charge is -2.14. The Labute approximate surface area is 127 Å². The number of fused-ring (bicyclic) bond motifs is 1. The van der Waals surface area contributed by atoms with Gasteiger partial charge in [0.1, 0.15) is 11.3 Å². The zero-order valence-corrected chi connectivity index (χ0v) is 12.4. The van der Waals surface area contributed by atoms with Gasteiger partial charge in [0.25, 0.3) is 0 Å². The molecule has 1 atom stereocenters. The van der Waals surface area contributed by atoms with Crippen LogP contribution in [0.3, 0.4) is 0 Å². The van der Waals surface area contributed by atoms with Crippen LogP contribution in [0.1, 0.15) is 17.4 Å². The Morgan fingerprint density at radius 3 is 2.95 bits per heavy atom. The summed E-state index contributed by atoms with van der Waals surface area (Å²) in [5.41, 5.74) is 2.54. The fourth-order valence-corrected chi connectivity index (χ4v) is 2.42. The number of pyridine rings is 1. The second-order valence-corrected chi connectivity index (χ2v) is 5.29. The first kappa shape index (κ1) is 14.5. The minimum absolute atomic E-state index is 0.306. The van der Waals surface area contributed by atoms with Crippen LogP contribution in [-0.4, -0.2) is 26.4 Å². The minimum atomic E-state index is -0.689. The van der Waals surface area contributed by atoms with Crippen LogP contribution in [0.25, 0.3) is 10.9 Å². The van der Waals surface area contributed by atoms with Gasteiger partial charge in [-0.3, -0.25) is 4.68 Å². The molecule has 2 N–H and O–H groups in total. The topological polar surface area (TPSA) is 63.0 Å². The lowest BCUT2D eigenvalue weighted by Crippen LogP contribution is -2.12. The number of nitrogens with one attached hydrogen (secondary N) is 1. The smallest absolute Gasteiger partial charge is 0.149 e. The molecular weight excluding hydrogens is 283 g/mol. The molecule has 0 fully saturated rings. The van der Waals surface area contributed by atoms with Crippen molar-refractivity contribution in [3.63, 3.8) is 0 Å². The summed E-state index contributed by atoms with van der Waals surface area (Å²) in [6, 6.07) is 6.70. The van der Waals surface area contributed by atoms with Gasteiger partial charge in [0.2, 0.25) is 0 Å². The van der Waals surface area contributed by atoms with E-state index in [0.29, 0.717) is 17.4 Å². The number of aliphatic hydroxyl groups is 1. The van der Waals surface area contributed by atoms with Crippen LogP contribution in [0.2, 0.25) is 0 Å². The molecular formula is C16H17FN4O. The summed E-state index contributed by atoms with van der Waals surface area (Å²) in [5.74, 6) is -0.350. The number of para-hydroxylation sites is 1. The van der Waals surface area contributed by atoms with Crippen LogP contribution >= 0.6 is 0 Å². The zero-order valence-electron chi connectivity index (χ0n) is 12.4. The van der Waals surface area contributed by atoms with E-state index in [0.717, 1.165) is 16.9 Å². The summed E-state index contributed by atoms with van der Waals surface area (Å²) in [6.07, 6.45) is 2.70. The van der Waals surface area contributed by atoms with Crippen LogP contribution in [0.15, 0.2) is 36.7 Å². The molecule has 1 unspecified atom stereocenters. The Kier molecular flexibility index (Phi) is 3.77. The Balaban J connectivity index is 1.86. The molecule has 2 heterocycles. The second kappa shape index (κ2) is 5.73. The molecule has 2 aromatic heterocycles. The van der Waals surface area contributed by atoms with E-state index in [2.05, 4.69) is 15.4 Å². The molecule has 0 amide bonds. The lowest BCUT2D eigenvalue weighted by molar-refractivity contribution is 0.191. The Morgan fingerprint density at radius 1 is 1.41 bits per heavy atom. The van der Waals surface area contributed by atoms with Crippen LogP contribution < -0.4 is 5.32 Å². The van der Waals surface area contributed by atoms with Gasteiger partial charge >= 0.3 is 0 Å². The molecule has 0 aliphatic carbocycles.